The molecule has 13 rings (SSSR count). The molecule has 0 aliphatic rings. The van der Waals surface area contributed by atoms with Crippen molar-refractivity contribution in [2.45, 2.75) is 0 Å². The fourth-order valence-electron chi connectivity index (χ4n) is 9.56. The van der Waals surface area contributed by atoms with Gasteiger partial charge in [-0.05, 0) is 89.0 Å². The number of rotatable bonds is 4. The van der Waals surface area contributed by atoms with Crippen LogP contribution in [0.2, 0.25) is 0 Å². The summed E-state index contributed by atoms with van der Waals surface area (Å²) < 4.78 is 10.2. The van der Waals surface area contributed by atoms with Gasteiger partial charge in [0.25, 0.3) is 0 Å². The van der Waals surface area contributed by atoms with Gasteiger partial charge in [0.2, 0.25) is 0 Å². The molecule has 270 valence electrons. The first-order valence-corrected chi connectivity index (χ1v) is 21.4. The van der Waals surface area contributed by atoms with Crippen LogP contribution in [0.5, 0.6) is 0 Å². The van der Waals surface area contributed by atoms with Gasteiger partial charge in [-0.2, -0.15) is 0 Å². The van der Waals surface area contributed by atoms with Crippen LogP contribution < -0.4 is 0 Å². The number of thiophene rings is 2. The Morgan fingerprint density at radius 3 is 1.17 bits per heavy atom. The summed E-state index contributed by atoms with van der Waals surface area (Å²) >= 11 is 3.78. The van der Waals surface area contributed by atoms with Crippen molar-refractivity contribution in [3.8, 4) is 33.6 Å². The molecule has 0 radical (unpaired) electrons. The Labute approximate surface area is 341 Å². The van der Waals surface area contributed by atoms with Crippen LogP contribution in [-0.4, -0.2) is 9.13 Å². The fraction of sp³-hybridized carbons (Fsp3) is 0. The summed E-state index contributed by atoms with van der Waals surface area (Å²) in [4.78, 5) is 0. The van der Waals surface area contributed by atoms with Gasteiger partial charge in [0, 0.05) is 73.3 Å². The smallest absolute Gasteiger partial charge is 0.0541 e. The Morgan fingerprint density at radius 1 is 0.276 bits per heavy atom. The second kappa shape index (κ2) is 12.3. The van der Waals surface area contributed by atoms with Crippen molar-refractivity contribution in [3.05, 3.63) is 194 Å². The molecule has 0 aliphatic carbocycles. The van der Waals surface area contributed by atoms with E-state index in [1.165, 1.54) is 106 Å². The van der Waals surface area contributed by atoms with Crippen LogP contribution in [0.25, 0.3) is 118 Å². The average Bonchev–Trinajstić information content (AvgIpc) is 4.04. The van der Waals surface area contributed by atoms with Crippen molar-refractivity contribution in [3.63, 3.8) is 0 Å². The third-order valence-electron chi connectivity index (χ3n) is 12.1. The van der Waals surface area contributed by atoms with Gasteiger partial charge in [-0.1, -0.05) is 127 Å². The van der Waals surface area contributed by atoms with Crippen LogP contribution in [0.3, 0.4) is 0 Å². The van der Waals surface area contributed by atoms with E-state index in [0.717, 1.165) is 11.4 Å². The Bertz CT molecular complexity index is 3570. The highest BCUT2D eigenvalue weighted by Gasteiger charge is 2.19. The van der Waals surface area contributed by atoms with E-state index in [0.29, 0.717) is 0 Å². The van der Waals surface area contributed by atoms with Crippen molar-refractivity contribution in [1.82, 2.24) is 9.13 Å². The molecule has 0 atom stereocenters. The van der Waals surface area contributed by atoms with Crippen LogP contribution in [0, 0.1) is 0 Å². The van der Waals surface area contributed by atoms with Gasteiger partial charge in [0.1, 0.15) is 0 Å². The summed E-state index contributed by atoms with van der Waals surface area (Å²) in [6, 6.07) is 71.8. The van der Waals surface area contributed by atoms with Gasteiger partial charge >= 0.3 is 0 Å². The van der Waals surface area contributed by atoms with Gasteiger partial charge in [-0.15, -0.1) is 22.7 Å². The largest absolute Gasteiger partial charge is 0.309 e. The molecule has 0 bridgehead atoms. The summed E-state index contributed by atoms with van der Waals surface area (Å²) in [5.41, 5.74) is 12.2. The van der Waals surface area contributed by atoms with Gasteiger partial charge in [-0.3, -0.25) is 0 Å². The van der Waals surface area contributed by atoms with Crippen molar-refractivity contribution < 1.29 is 0 Å². The van der Waals surface area contributed by atoms with Crippen LogP contribution in [0.15, 0.2) is 194 Å². The lowest BCUT2D eigenvalue weighted by molar-refractivity contribution is 1.13. The minimum absolute atomic E-state index is 1.14. The highest BCUT2D eigenvalue weighted by molar-refractivity contribution is 7.26. The van der Waals surface area contributed by atoms with E-state index in [1.54, 1.807) is 0 Å². The van der Waals surface area contributed by atoms with Gasteiger partial charge in [0.05, 0.1) is 22.1 Å². The first-order valence-electron chi connectivity index (χ1n) is 19.8. The van der Waals surface area contributed by atoms with E-state index in [4.69, 9.17) is 0 Å². The molecule has 2 nitrogen and oxygen atoms in total. The number of hydrogen-bond acceptors (Lipinski definition) is 2. The highest BCUT2D eigenvalue weighted by atomic mass is 32.1. The molecule has 0 spiro atoms. The van der Waals surface area contributed by atoms with E-state index in [9.17, 15) is 0 Å². The first kappa shape index (κ1) is 32.1. The molecule has 13 aromatic rings. The Morgan fingerprint density at radius 2 is 0.672 bits per heavy atom. The first-order chi connectivity index (χ1) is 28.8. The molecule has 0 saturated carbocycles. The zero-order chi connectivity index (χ0) is 37.9. The number of fused-ring (bicyclic) bond motifs is 12. The summed E-state index contributed by atoms with van der Waals surface area (Å²) in [7, 11) is 0. The normalized spacial score (nSPS) is 12.1. The molecular weight excluding hydrogens is 741 g/mol. The minimum Gasteiger partial charge on any atom is -0.309 e. The van der Waals surface area contributed by atoms with Crippen LogP contribution in [-0.2, 0) is 0 Å². The molecule has 0 N–H and O–H groups in total. The SMILES string of the molecule is c1cc(-n2c3ccccc3c3cc(-c4cccc5c4sc4ccccc45)ccc32)cc(-n2c3ccccc3c3cc(-c4cccc5c4sc4ccccc45)ccc32)c1. The second-order valence-corrected chi connectivity index (χ2v) is 17.4. The third kappa shape index (κ3) is 4.58. The monoisotopic (exact) mass is 772 g/mol. The van der Waals surface area contributed by atoms with E-state index in [1.807, 2.05) is 22.7 Å². The lowest BCUT2D eigenvalue weighted by Gasteiger charge is -2.13. The van der Waals surface area contributed by atoms with E-state index < -0.39 is 0 Å². The Kier molecular flexibility index (Phi) is 6.79. The maximum atomic E-state index is 2.44. The third-order valence-corrected chi connectivity index (χ3v) is 14.6. The van der Waals surface area contributed by atoms with Crippen LogP contribution in [0.4, 0.5) is 0 Å². The maximum Gasteiger partial charge on any atom is 0.0541 e. The predicted octanol–water partition coefficient (Wildman–Crippen LogP) is 16.0. The van der Waals surface area contributed by atoms with Crippen molar-refractivity contribution in [1.29, 1.82) is 0 Å². The number of hydrogen-bond donors (Lipinski definition) is 0. The van der Waals surface area contributed by atoms with Crippen LogP contribution >= 0.6 is 22.7 Å². The number of benzene rings is 9. The topological polar surface area (TPSA) is 9.86 Å². The molecule has 9 aromatic carbocycles. The zero-order valence-corrected chi connectivity index (χ0v) is 32.8. The summed E-state index contributed by atoms with van der Waals surface area (Å²) in [6.45, 7) is 0. The molecule has 4 heteroatoms. The van der Waals surface area contributed by atoms with Crippen molar-refractivity contribution in [2.75, 3.05) is 0 Å². The summed E-state index contributed by atoms with van der Waals surface area (Å²) in [5.74, 6) is 0. The van der Waals surface area contributed by atoms with E-state index in [-0.39, 0.29) is 0 Å². The molecule has 4 heterocycles. The molecule has 0 unspecified atom stereocenters. The quantitative estimate of drug-likeness (QED) is 0.169. The number of nitrogens with zero attached hydrogens (tertiary/aromatic N) is 2. The Hall–Kier alpha value is -6.98. The second-order valence-electron chi connectivity index (χ2n) is 15.2. The number of para-hydroxylation sites is 2. The highest BCUT2D eigenvalue weighted by Crippen LogP contribution is 2.44. The van der Waals surface area contributed by atoms with Gasteiger partial charge in [0.15, 0.2) is 0 Å². The van der Waals surface area contributed by atoms with Crippen molar-refractivity contribution >= 4 is 107 Å². The fourth-order valence-corrected chi connectivity index (χ4v) is 12.0. The lowest BCUT2D eigenvalue weighted by Crippen LogP contribution is -1.98. The minimum atomic E-state index is 1.14. The molecule has 0 aliphatic heterocycles. The molecular formula is C54H32N2S2. The van der Waals surface area contributed by atoms with Gasteiger partial charge in [-0.25, -0.2) is 0 Å². The van der Waals surface area contributed by atoms with E-state index in [2.05, 4.69) is 203 Å². The van der Waals surface area contributed by atoms with Crippen LogP contribution in [0.1, 0.15) is 0 Å². The molecule has 0 saturated heterocycles. The zero-order valence-electron chi connectivity index (χ0n) is 31.2. The molecule has 0 fully saturated rings. The predicted molar refractivity (Wildman–Crippen MR) is 252 cm³/mol. The lowest BCUT2D eigenvalue weighted by atomic mass is 10.0. The van der Waals surface area contributed by atoms with Gasteiger partial charge < -0.3 is 9.13 Å². The molecule has 58 heavy (non-hydrogen) atoms. The molecule has 4 aromatic heterocycles. The number of aromatic nitrogens is 2. The van der Waals surface area contributed by atoms with E-state index >= 15 is 0 Å². The summed E-state index contributed by atoms with van der Waals surface area (Å²) in [6.07, 6.45) is 0. The Balaban J connectivity index is 0.975. The standard InChI is InChI=1S/C54H32N2S2/c1-5-22-47-39(14-1)45-30-33(37-18-10-20-43-41-16-3-7-24-51(41)57-53(37)43)26-28-49(45)55(47)35-12-9-13-36(32-35)56-48-23-6-2-15-40(48)46-31-34(27-29-50(46)56)38-19-11-21-44-42-17-4-8-25-52(42)58-54(38)44/h1-32H. The molecule has 0 amide bonds. The average molecular weight is 773 g/mol. The maximum absolute atomic E-state index is 2.44. The van der Waals surface area contributed by atoms with Crippen molar-refractivity contribution in [2.24, 2.45) is 0 Å². The summed E-state index contributed by atoms with van der Waals surface area (Å²) in [5, 5.41) is 10.3.